The van der Waals surface area contributed by atoms with Crippen molar-refractivity contribution in [3.8, 4) is 17.2 Å². The fraction of sp³-hybridized carbons (Fsp3) is 0.375. The lowest BCUT2D eigenvalue weighted by molar-refractivity contribution is 0.0499. The second-order valence-electron chi connectivity index (χ2n) is 7.31. The molecule has 1 aliphatic heterocycles. The number of rotatable bonds is 9. The zero-order valence-electron chi connectivity index (χ0n) is 17.9. The van der Waals surface area contributed by atoms with Gasteiger partial charge in [0, 0.05) is 19.8 Å². The number of benzene rings is 2. The Morgan fingerprint density at radius 3 is 2.40 bits per heavy atom. The predicted molar refractivity (Wildman–Crippen MR) is 113 cm³/mol. The first-order valence-corrected chi connectivity index (χ1v) is 9.86. The van der Waals surface area contributed by atoms with Crippen LogP contribution < -0.4 is 14.2 Å². The summed E-state index contributed by atoms with van der Waals surface area (Å²) >= 11 is 0. The van der Waals surface area contributed by atoms with Crippen LogP contribution in [0.25, 0.3) is 0 Å². The first-order chi connectivity index (χ1) is 14.5. The third-order valence-electron chi connectivity index (χ3n) is 4.79. The van der Waals surface area contributed by atoms with Crippen LogP contribution in [0.2, 0.25) is 0 Å². The molecule has 1 unspecified atom stereocenters. The van der Waals surface area contributed by atoms with Crippen LogP contribution >= 0.6 is 0 Å². The van der Waals surface area contributed by atoms with Gasteiger partial charge in [0.25, 0.3) is 0 Å². The van der Waals surface area contributed by atoms with E-state index >= 15 is 0 Å². The van der Waals surface area contributed by atoms with Crippen molar-refractivity contribution in [1.82, 2.24) is 0 Å². The van der Waals surface area contributed by atoms with Gasteiger partial charge in [-0.2, -0.15) is 0 Å². The third-order valence-corrected chi connectivity index (χ3v) is 4.79. The number of ketones is 1. The van der Waals surface area contributed by atoms with Crippen molar-refractivity contribution in [2.75, 3.05) is 27.8 Å². The van der Waals surface area contributed by atoms with Crippen molar-refractivity contribution < 1.29 is 28.5 Å². The van der Waals surface area contributed by atoms with Gasteiger partial charge in [0.15, 0.2) is 19.4 Å². The van der Waals surface area contributed by atoms with Gasteiger partial charge in [-0.3, -0.25) is 4.79 Å². The molecule has 1 heterocycles. The SMILES string of the molecule is COCOc1ccc(C2CC(=O)c3ccc(OCOC)c(CC=C(C)C)c3O2)cc1. The van der Waals surface area contributed by atoms with E-state index < -0.39 is 0 Å². The number of carbonyl (C=O) groups excluding carboxylic acids is 1. The minimum atomic E-state index is -0.371. The van der Waals surface area contributed by atoms with Crippen LogP contribution in [0.4, 0.5) is 0 Å². The van der Waals surface area contributed by atoms with Gasteiger partial charge >= 0.3 is 0 Å². The van der Waals surface area contributed by atoms with Crippen LogP contribution in [-0.4, -0.2) is 33.6 Å². The number of ether oxygens (including phenoxy) is 5. The zero-order valence-corrected chi connectivity index (χ0v) is 17.9. The molecule has 6 nitrogen and oxygen atoms in total. The highest BCUT2D eigenvalue weighted by atomic mass is 16.7. The fourth-order valence-electron chi connectivity index (χ4n) is 3.27. The van der Waals surface area contributed by atoms with Gasteiger partial charge in [0.1, 0.15) is 23.4 Å². The van der Waals surface area contributed by atoms with Gasteiger partial charge < -0.3 is 23.7 Å². The fourth-order valence-corrected chi connectivity index (χ4v) is 3.27. The summed E-state index contributed by atoms with van der Waals surface area (Å²) in [5.74, 6) is 1.99. The van der Waals surface area contributed by atoms with Crippen LogP contribution in [0.1, 0.15) is 47.9 Å². The molecule has 30 heavy (non-hydrogen) atoms. The highest BCUT2D eigenvalue weighted by molar-refractivity contribution is 6.00. The summed E-state index contributed by atoms with van der Waals surface area (Å²) in [6.45, 7) is 4.38. The molecule has 0 bridgehead atoms. The van der Waals surface area contributed by atoms with Crippen LogP contribution in [0.5, 0.6) is 17.2 Å². The van der Waals surface area contributed by atoms with E-state index in [0.717, 1.165) is 11.1 Å². The number of Topliss-reactive ketones (excluding diaryl/α,β-unsaturated/α-hetero) is 1. The van der Waals surface area contributed by atoms with Crippen molar-refractivity contribution in [1.29, 1.82) is 0 Å². The third kappa shape index (κ3) is 5.20. The molecule has 0 fully saturated rings. The molecule has 160 valence electrons. The van der Waals surface area contributed by atoms with Gasteiger partial charge in [-0.05, 0) is 50.1 Å². The Kier molecular flexibility index (Phi) is 7.49. The van der Waals surface area contributed by atoms with Gasteiger partial charge in [0.05, 0.1) is 12.0 Å². The molecule has 0 aromatic heterocycles. The summed E-state index contributed by atoms with van der Waals surface area (Å²) in [5.41, 5.74) is 3.53. The second-order valence-corrected chi connectivity index (χ2v) is 7.31. The van der Waals surface area contributed by atoms with Crippen molar-refractivity contribution >= 4 is 5.78 Å². The molecule has 2 aromatic rings. The maximum Gasteiger partial charge on any atom is 0.188 e. The molecule has 1 aliphatic rings. The lowest BCUT2D eigenvalue weighted by Crippen LogP contribution is -2.22. The maximum absolute atomic E-state index is 12.9. The van der Waals surface area contributed by atoms with E-state index in [-0.39, 0.29) is 31.9 Å². The molecule has 0 spiro atoms. The van der Waals surface area contributed by atoms with Gasteiger partial charge in [-0.1, -0.05) is 23.8 Å². The largest absolute Gasteiger partial charge is 0.484 e. The lowest BCUT2D eigenvalue weighted by Gasteiger charge is -2.28. The smallest absolute Gasteiger partial charge is 0.188 e. The van der Waals surface area contributed by atoms with Gasteiger partial charge in [-0.25, -0.2) is 0 Å². The summed E-state index contributed by atoms with van der Waals surface area (Å²) in [4.78, 5) is 12.9. The zero-order chi connectivity index (χ0) is 21.5. The van der Waals surface area contributed by atoms with E-state index in [1.54, 1.807) is 20.3 Å². The summed E-state index contributed by atoms with van der Waals surface area (Å²) in [6.07, 6.45) is 2.61. The van der Waals surface area contributed by atoms with E-state index in [1.165, 1.54) is 5.57 Å². The monoisotopic (exact) mass is 412 g/mol. The molecule has 0 N–H and O–H groups in total. The summed E-state index contributed by atoms with van der Waals surface area (Å²) in [5, 5.41) is 0. The molecule has 0 saturated heterocycles. The van der Waals surface area contributed by atoms with Crippen molar-refractivity contribution in [2.45, 2.75) is 32.8 Å². The Morgan fingerprint density at radius 1 is 1.03 bits per heavy atom. The molecule has 0 saturated carbocycles. The van der Waals surface area contributed by atoms with Crippen molar-refractivity contribution in [3.05, 3.63) is 64.7 Å². The Bertz CT molecular complexity index is 897. The first-order valence-electron chi connectivity index (χ1n) is 9.86. The number of fused-ring (bicyclic) bond motifs is 1. The number of hydrogen-bond donors (Lipinski definition) is 0. The lowest BCUT2D eigenvalue weighted by atomic mass is 9.93. The minimum Gasteiger partial charge on any atom is -0.484 e. The topological polar surface area (TPSA) is 63.2 Å². The highest BCUT2D eigenvalue weighted by Gasteiger charge is 2.31. The Balaban J connectivity index is 1.92. The maximum atomic E-state index is 12.9. The Labute approximate surface area is 177 Å². The first kappa shape index (κ1) is 21.9. The van der Waals surface area contributed by atoms with Crippen LogP contribution in [0, 0.1) is 0 Å². The number of methoxy groups -OCH3 is 2. The highest BCUT2D eigenvalue weighted by Crippen LogP contribution is 2.41. The van der Waals surface area contributed by atoms with E-state index in [0.29, 0.717) is 29.2 Å². The molecule has 3 rings (SSSR count). The summed E-state index contributed by atoms with van der Waals surface area (Å²) < 4.78 is 27.5. The standard InChI is InChI=1S/C24H28O6/c1-16(2)5-10-20-22(29-15-27-4)12-11-19-21(25)13-23(30-24(19)20)17-6-8-18(9-7-17)28-14-26-3/h5-9,11-12,23H,10,13-15H2,1-4H3. The van der Waals surface area contributed by atoms with E-state index in [9.17, 15) is 4.79 Å². The number of hydrogen-bond acceptors (Lipinski definition) is 6. The van der Waals surface area contributed by atoms with Gasteiger partial charge in [-0.15, -0.1) is 0 Å². The molecule has 0 radical (unpaired) electrons. The quantitative estimate of drug-likeness (QED) is 0.433. The van der Waals surface area contributed by atoms with Crippen molar-refractivity contribution in [2.24, 2.45) is 0 Å². The number of allylic oxidation sites excluding steroid dienone is 2. The average Bonchev–Trinajstić information content (AvgIpc) is 2.75. The Morgan fingerprint density at radius 2 is 1.73 bits per heavy atom. The van der Waals surface area contributed by atoms with E-state index in [1.807, 2.05) is 44.2 Å². The van der Waals surface area contributed by atoms with E-state index in [4.69, 9.17) is 23.7 Å². The summed E-state index contributed by atoms with van der Waals surface area (Å²) in [7, 11) is 3.15. The van der Waals surface area contributed by atoms with E-state index in [2.05, 4.69) is 6.08 Å². The molecule has 2 aromatic carbocycles. The normalized spacial score (nSPS) is 15.2. The summed E-state index contributed by atoms with van der Waals surface area (Å²) in [6, 6.07) is 11.1. The minimum absolute atomic E-state index is 0.0534. The van der Waals surface area contributed by atoms with Crippen LogP contribution in [0.15, 0.2) is 48.0 Å². The molecule has 6 heteroatoms. The number of carbonyl (C=O) groups is 1. The van der Waals surface area contributed by atoms with Crippen LogP contribution in [0.3, 0.4) is 0 Å². The molecule has 0 amide bonds. The molecule has 0 aliphatic carbocycles. The molecule has 1 atom stereocenters. The second kappa shape index (κ2) is 10.3. The van der Waals surface area contributed by atoms with Gasteiger partial charge in [0.2, 0.25) is 0 Å². The van der Waals surface area contributed by atoms with Crippen molar-refractivity contribution in [3.63, 3.8) is 0 Å². The molecular weight excluding hydrogens is 384 g/mol. The Hall–Kier alpha value is -2.83. The molecular formula is C24H28O6. The van der Waals surface area contributed by atoms with Crippen LogP contribution in [-0.2, 0) is 15.9 Å². The predicted octanol–water partition coefficient (Wildman–Crippen LogP) is 4.87. The average molecular weight is 412 g/mol.